The summed E-state index contributed by atoms with van der Waals surface area (Å²) in [6.45, 7) is 4.67. The number of para-hydroxylation sites is 1. The van der Waals surface area contributed by atoms with Crippen LogP contribution in [-0.4, -0.2) is 27.3 Å². The minimum Gasteiger partial charge on any atom is -0.309 e. The van der Waals surface area contributed by atoms with Crippen LogP contribution in [0.25, 0.3) is 10.9 Å². The molecule has 0 saturated carbocycles. The average molecular weight is 440 g/mol. The molecule has 162 valence electrons. The number of carbonyl (C=O) groups is 1. The van der Waals surface area contributed by atoms with E-state index >= 15 is 0 Å². The van der Waals surface area contributed by atoms with Gasteiger partial charge < -0.3 is 4.90 Å². The van der Waals surface area contributed by atoms with Gasteiger partial charge in [-0.2, -0.15) is 0 Å². The number of hydrogen-bond donors (Lipinski definition) is 0. The molecule has 2 aromatic carbocycles. The van der Waals surface area contributed by atoms with Crippen molar-refractivity contribution in [2.45, 2.75) is 57.3 Å². The van der Waals surface area contributed by atoms with Crippen LogP contribution in [0.5, 0.6) is 0 Å². The van der Waals surface area contributed by atoms with E-state index in [9.17, 15) is 14.0 Å². The molecule has 0 fully saturated rings. The van der Waals surface area contributed by atoms with Gasteiger partial charge in [-0.3, -0.25) is 14.2 Å². The highest BCUT2D eigenvalue weighted by atomic mass is 32.2. The van der Waals surface area contributed by atoms with Crippen LogP contribution in [0.4, 0.5) is 10.1 Å². The van der Waals surface area contributed by atoms with E-state index in [0.29, 0.717) is 22.6 Å². The number of fused-ring (bicyclic) bond motifs is 2. The fourth-order valence-corrected chi connectivity index (χ4v) is 4.95. The number of hydrogen-bond acceptors (Lipinski definition) is 4. The van der Waals surface area contributed by atoms with Gasteiger partial charge in [0.2, 0.25) is 5.91 Å². The molecule has 0 saturated heterocycles. The minimum atomic E-state index is -0.282. The van der Waals surface area contributed by atoms with Gasteiger partial charge in [-0.25, -0.2) is 9.37 Å². The Kier molecular flexibility index (Phi) is 6.41. The number of benzene rings is 2. The number of nitrogens with zero attached hydrogens (tertiary/aromatic N) is 3. The van der Waals surface area contributed by atoms with Crippen molar-refractivity contribution in [3.05, 3.63) is 64.2 Å². The molecule has 4 rings (SSSR count). The molecule has 0 aliphatic carbocycles. The molecule has 5 nitrogen and oxygen atoms in total. The Morgan fingerprint density at radius 1 is 1.26 bits per heavy atom. The quantitative estimate of drug-likeness (QED) is 0.409. The van der Waals surface area contributed by atoms with Gasteiger partial charge in [0, 0.05) is 18.3 Å². The van der Waals surface area contributed by atoms with E-state index in [1.54, 1.807) is 21.6 Å². The highest BCUT2D eigenvalue weighted by Crippen LogP contribution is 2.32. The lowest BCUT2D eigenvalue weighted by Gasteiger charge is -2.35. The predicted molar refractivity (Wildman–Crippen MR) is 123 cm³/mol. The molecule has 1 aromatic heterocycles. The molecule has 0 bridgehead atoms. The summed E-state index contributed by atoms with van der Waals surface area (Å²) < 4.78 is 15.3. The van der Waals surface area contributed by atoms with Crippen molar-refractivity contribution >= 4 is 34.3 Å². The summed E-state index contributed by atoms with van der Waals surface area (Å²) in [5.74, 6) is -0.178. The normalized spacial score (nSPS) is 15.8. The smallest absolute Gasteiger partial charge is 0.262 e. The summed E-state index contributed by atoms with van der Waals surface area (Å²) in [7, 11) is 0. The van der Waals surface area contributed by atoms with Crippen molar-refractivity contribution in [2.75, 3.05) is 10.7 Å². The van der Waals surface area contributed by atoms with Crippen LogP contribution in [0.1, 0.15) is 38.7 Å². The standard InChI is InChI=1S/C24H26FN3O2S/c1-3-4-13-27-23(30)19-7-5-6-8-20(19)26-24(27)31-15-22(29)28-16(2)9-10-17-14-18(25)11-12-21(17)28/h5-8,11-12,14,16H,3-4,9-10,13,15H2,1-2H3/t16-/m1/s1. The monoisotopic (exact) mass is 439 g/mol. The molecular formula is C24H26FN3O2S. The van der Waals surface area contributed by atoms with Crippen molar-refractivity contribution < 1.29 is 9.18 Å². The summed E-state index contributed by atoms with van der Waals surface area (Å²) in [5, 5.41) is 1.16. The molecule has 3 aromatic rings. The third-order valence-electron chi connectivity index (χ3n) is 5.73. The summed E-state index contributed by atoms with van der Waals surface area (Å²) >= 11 is 1.29. The number of aromatic nitrogens is 2. The molecule has 0 radical (unpaired) electrons. The Labute approximate surface area is 185 Å². The van der Waals surface area contributed by atoms with Gasteiger partial charge >= 0.3 is 0 Å². The molecule has 0 unspecified atom stereocenters. The fraction of sp³-hybridized carbons (Fsp3) is 0.375. The second-order valence-corrected chi connectivity index (χ2v) is 8.88. The molecule has 31 heavy (non-hydrogen) atoms. The molecule has 7 heteroatoms. The lowest BCUT2D eigenvalue weighted by atomic mass is 9.96. The zero-order valence-electron chi connectivity index (χ0n) is 17.8. The van der Waals surface area contributed by atoms with Crippen LogP contribution in [0.3, 0.4) is 0 Å². The van der Waals surface area contributed by atoms with Crippen LogP contribution in [0, 0.1) is 5.82 Å². The second-order valence-electron chi connectivity index (χ2n) is 7.94. The van der Waals surface area contributed by atoms with Crippen LogP contribution in [-0.2, 0) is 17.8 Å². The summed E-state index contributed by atoms with van der Waals surface area (Å²) in [6, 6.07) is 12.0. The van der Waals surface area contributed by atoms with Gasteiger partial charge in [0.25, 0.3) is 5.56 Å². The third-order valence-corrected chi connectivity index (χ3v) is 6.69. The SMILES string of the molecule is CCCCn1c(SCC(=O)N2c3ccc(F)cc3CC[C@H]2C)nc2ccccc2c1=O. The number of rotatable bonds is 6. The first kappa shape index (κ1) is 21.6. The average Bonchev–Trinajstić information content (AvgIpc) is 2.77. The maximum atomic E-state index is 13.7. The Hall–Kier alpha value is -2.67. The van der Waals surface area contributed by atoms with Crippen molar-refractivity contribution in [3.63, 3.8) is 0 Å². The Bertz CT molecular complexity index is 1180. The zero-order valence-corrected chi connectivity index (χ0v) is 18.6. The van der Waals surface area contributed by atoms with E-state index in [2.05, 4.69) is 11.9 Å². The minimum absolute atomic E-state index is 0.0397. The van der Waals surface area contributed by atoms with Crippen LogP contribution in [0.2, 0.25) is 0 Å². The van der Waals surface area contributed by atoms with Gasteiger partial charge in [0.05, 0.1) is 16.7 Å². The number of anilines is 1. The molecule has 0 spiro atoms. The third kappa shape index (κ3) is 4.37. The summed E-state index contributed by atoms with van der Waals surface area (Å²) in [6.07, 6.45) is 3.38. The van der Waals surface area contributed by atoms with E-state index in [1.165, 1.54) is 23.9 Å². The largest absolute Gasteiger partial charge is 0.309 e. The van der Waals surface area contributed by atoms with Gasteiger partial charge in [-0.15, -0.1) is 0 Å². The number of thioether (sulfide) groups is 1. The van der Waals surface area contributed by atoms with Crippen LogP contribution in [0.15, 0.2) is 52.4 Å². The molecule has 0 N–H and O–H groups in total. The van der Waals surface area contributed by atoms with Crippen molar-refractivity contribution in [1.82, 2.24) is 9.55 Å². The van der Waals surface area contributed by atoms with Crippen LogP contribution >= 0.6 is 11.8 Å². The van der Waals surface area contributed by atoms with E-state index in [1.807, 2.05) is 25.1 Å². The topological polar surface area (TPSA) is 55.2 Å². The Morgan fingerprint density at radius 2 is 2.06 bits per heavy atom. The van der Waals surface area contributed by atoms with E-state index < -0.39 is 0 Å². The number of unbranched alkanes of at least 4 members (excludes halogenated alkanes) is 1. The maximum absolute atomic E-state index is 13.7. The maximum Gasteiger partial charge on any atom is 0.262 e. The van der Waals surface area contributed by atoms with Gasteiger partial charge in [-0.1, -0.05) is 37.2 Å². The van der Waals surface area contributed by atoms with Crippen molar-refractivity contribution in [3.8, 4) is 0 Å². The predicted octanol–water partition coefficient (Wildman–Crippen LogP) is 4.80. The summed E-state index contributed by atoms with van der Waals surface area (Å²) in [5.41, 5.74) is 2.21. The molecule has 2 heterocycles. The number of aryl methyl sites for hydroxylation is 1. The molecular weight excluding hydrogens is 413 g/mol. The zero-order chi connectivity index (χ0) is 22.0. The molecule has 1 amide bonds. The van der Waals surface area contributed by atoms with Crippen molar-refractivity contribution in [1.29, 1.82) is 0 Å². The molecule has 1 atom stereocenters. The fourth-order valence-electron chi connectivity index (χ4n) is 4.07. The van der Waals surface area contributed by atoms with E-state index in [-0.39, 0.29) is 29.1 Å². The highest BCUT2D eigenvalue weighted by molar-refractivity contribution is 7.99. The summed E-state index contributed by atoms with van der Waals surface area (Å²) in [4.78, 5) is 32.7. The lowest BCUT2D eigenvalue weighted by Crippen LogP contribution is -2.43. The molecule has 1 aliphatic rings. The van der Waals surface area contributed by atoms with Gasteiger partial charge in [-0.05, 0) is 62.1 Å². The second kappa shape index (κ2) is 9.22. The van der Waals surface area contributed by atoms with Crippen LogP contribution < -0.4 is 10.5 Å². The van der Waals surface area contributed by atoms with E-state index in [4.69, 9.17) is 0 Å². The molecule has 1 aliphatic heterocycles. The highest BCUT2D eigenvalue weighted by Gasteiger charge is 2.28. The first-order valence-electron chi connectivity index (χ1n) is 10.7. The number of halogens is 1. The Morgan fingerprint density at radius 3 is 2.87 bits per heavy atom. The Balaban J connectivity index is 1.62. The first-order valence-corrected chi connectivity index (χ1v) is 11.7. The number of carbonyl (C=O) groups excluding carboxylic acids is 1. The van der Waals surface area contributed by atoms with E-state index in [0.717, 1.165) is 36.9 Å². The number of amides is 1. The van der Waals surface area contributed by atoms with Gasteiger partial charge in [0.15, 0.2) is 5.16 Å². The van der Waals surface area contributed by atoms with Crippen molar-refractivity contribution in [2.24, 2.45) is 0 Å². The first-order chi connectivity index (χ1) is 15.0. The lowest BCUT2D eigenvalue weighted by molar-refractivity contribution is -0.116. The van der Waals surface area contributed by atoms with Gasteiger partial charge in [0.1, 0.15) is 5.82 Å².